The lowest BCUT2D eigenvalue weighted by Gasteiger charge is -2.49. The molecule has 18 heavy (non-hydrogen) atoms. The van der Waals surface area contributed by atoms with E-state index >= 15 is 0 Å². The van der Waals surface area contributed by atoms with Gasteiger partial charge in [-0.05, 0) is 33.0 Å². The van der Waals surface area contributed by atoms with Crippen LogP contribution in [0, 0.1) is 0 Å². The van der Waals surface area contributed by atoms with Crippen LogP contribution in [-0.4, -0.2) is 58.2 Å². The molecule has 1 atom stereocenters. The van der Waals surface area contributed by atoms with E-state index in [0.717, 1.165) is 25.3 Å². The number of hydrogen-bond donors (Lipinski definition) is 1. The SMILES string of the molecule is CN1CC(CO)N(Cc2ccccn2)CC1(C)C. The monoisotopic (exact) mass is 249 g/mol. The zero-order chi connectivity index (χ0) is 13.2. The number of rotatable bonds is 3. The Bertz CT molecular complexity index is 380. The van der Waals surface area contributed by atoms with E-state index in [1.165, 1.54) is 0 Å². The molecule has 1 aromatic heterocycles. The molecule has 0 saturated carbocycles. The summed E-state index contributed by atoms with van der Waals surface area (Å²) in [6.45, 7) is 7.34. The molecule has 100 valence electrons. The van der Waals surface area contributed by atoms with E-state index in [2.05, 4.69) is 35.7 Å². The van der Waals surface area contributed by atoms with E-state index in [9.17, 15) is 5.11 Å². The minimum atomic E-state index is 0.139. The summed E-state index contributed by atoms with van der Waals surface area (Å²) < 4.78 is 0. The molecular formula is C14H23N3O. The molecule has 0 aromatic carbocycles. The van der Waals surface area contributed by atoms with Gasteiger partial charge in [0.25, 0.3) is 0 Å². The standard InChI is InChI=1S/C14H23N3O/c1-14(2)11-17(13(10-18)9-16(14)3)8-12-6-4-5-7-15-12/h4-7,13,18H,8-11H2,1-3H3. The van der Waals surface area contributed by atoms with Crippen molar-refractivity contribution >= 4 is 0 Å². The number of aliphatic hydroxyl groups is 1. The molecule has 0 bridgehead atoms. The average Bonchev–Trinajstić information content (AvgIpc) is 2.34. The first kappa shape index (κ1) is 13.5. The van der Waals surface area contributed by atoms with Crippen LogP contribution in [0.4, 0.5) is 0 Å². The molecule has 0 aliphatic carbocycles. The van der Waals surface area contributed by atoms with Crippen LogP contribution in [0.2, 0.25) is 0 Å². The highest BCUT2D eigenvalue weighted by atomic mass is 16.3. The van der Waals surface area contributed by atoms with Crippen LogP contribution in [0.5, 0.6) is 0 Å². The summed E-state index contributed by atoms with van der Waals surface area (Å²) >= 11 is 0. The second-order valence-corrected chi connectivity index (χ2v) is 5.76. The summed E-state index contributed by atoms with van der Waals surface area (Å²) in [7, 11) is 2.13. The van der Waals surface area contributed by atoms with Crippen LogP contribution in [0.15, 0.2) is 24.4 Å². The highest BCUT2D eigenvalue weighted by molar-refractivity contribution is 5.05. The van der Waals surface area contributed by atoms with Gasteiger partial charge >= 0.3 is 0 Å². The van der Waals surface area contributed by atoms with Crippen molar-refractivity contribution in [2.24, 2.45) is 0 Å². The third-order valence-corrected chi connectivity index (χ3v) is 3.93. The van der Waals surface area contributed by atoms with Crippen molar-refractivity contribution in [2.45, 2.75) is 32.0 Å². The van der Waals surface area contributed by atoms with Gasteiger partial charge in [0.05, 0.1) is 12.3 Å². The Morgan fingerprint density at radius 1 is 1.44 bits per heavy atom. The first-order valence-electron chi connectivity index (χ1n) is 6.49. The molecule has 1 aliphatic rings. The Kier molecular flexibility index (Phi) is 4.00. The number of hydrogen-bond acceptors (Lipinski definition) is 4. The van der Waals surface area contributed by atoms with Gasteiger partial charge in [0.2, 0.25) is 0 Å². The van der Waals surface area contributed by atoms with Crippen molar-refractivity contribution < 1.29 is 5.11 Å². The largest absolute Gasteiger partial charge is 0.395 e. The number of aliphatic hydroxyl groups excluding tert-OH is 1. The van der Waals surface area contributed by atoms with Crippen LogP contribution in [0.3, 0.4) is 0 Å². The van der Waals surface area contributed by atoms with Crippen LogP contribution in [-0.2, 0) is 6.54 Å². The zero-order valence-electron chi connectivity index (χ0n) is 11.5. The van der Waals surface area contributed by atoms with Gasteiger partial charge in [-0.15, -0.1) is 0 Å². The van der Waals surface area contributed by atoms with Gasteiger partial charge in [0.15, 0.2) is 0 Å². The fraction of sp³-hybridized carbons (Fsp3) is 0.643. The maximum absolute atomic E-state index is 9.54. The van der Waals surface area contributed by atoms with E-state index in [-0.39, 0.29) is 18.2 Å². The number of aromatic nitrogens is 1. The minimum absolute atomic E-state index is 0.139. The molecule has 0 spiro atoms. The van der Waals surface area contributed by atoms with E-state index in [1.807, 2.05) is 24.4 Å². The number of likely N-dealkylation sites (N-methyl/N-ethyl adjacent to an activating group) is 1. The Hall–Kier alpha value is -0.970. The molecule has 1 fully saturated rings. The molecule has 0 amide bonds. The van der Waals surface area contributed by atoms with Crippen molar-refractivity contribution in [1.29, 1.82) is 0 Å². The maximum Gasteiger partial charge on any atom is 0.0599 e. The van der Waals surface area contributed by atoms with Gasteiger partial charge < -0.3 is 5.11 Å². The zero-order valence-corrected chi connectivity index (χ0v) is 11.5. The van der Waals surface area contributed by atoms with Crippen molar-refractivity contribution in [3.63, 3.8) is 0 Å². The lowest BCUT2D eigenvalue weighted by molar-refractivity contribution is -0.0253. The van der Waals surface area contributed by atoms with E-state index in [1.54, 1.807) is 0 Å². The van der Waals surface area contributed by atoms with E-state index in [4.69, 9.17) is 0 Å². The Labute approximate surface area is 109 Å². The lowest BCUT2D eigenvalue weighted by Crippen LogP contribution is -2.62. The van der Waals surface area contributed by atoms with E-state index < -0.39 is 0 Å². The first-order chi connectivity index (χ1) is 8.53. The second kappa shape index (κ2) is 5.34. The lowest BCUT2D eigenvalue weighted by atomic mass is 9.96. The molecule has 1 unspecified atom stereocenters. The molecule has 2 rings (SSSR count). The number of pyridine rings is 1. The number of nitrogens with zero attached hydrogens (tertiary/aromatic N) is 3. The molecule has 4 heteroatoms. The van der Waals surface area contributed by atoms with Crippen LogP contribution < -0.4 is 0 Å². The summed E-state index contributed by atoms with van der Waals surface area (Å²) in [5, 5.41) is 9.54. The summed E-state index contributed by atoms with van der Waals surface area (Å²) in [5.74, 6) is 0. The minimum Gasteiger partial charge on any atom is -0.395 e. The highest BCUT2D eigenvalue weighted by Crippen LogP contribution is 2.23. The molecular weight excluding hydrogens is 226 g/mol. The molecule has 2 heterocycles. The molecule has 0 radical (unpaired) electrons. The van der Waals surface area contributed by atoms with E-state index in [0.29, 0.717) is 0 Å². The van der Waals surface area contributed by atoms with Crippen molar-refractivity contribution in [3.8, 4) is 0 Å². The normalized spacial score (nSPS) is 25.2. The summed E-state index contributed by atoms with van der Waals surface area (Å²) in [4.78, 5) is 9.03. The maximum atomic E-state index is 9.54. The van der Waals surface area contributed by atoms with Gasteiger partial charge in [-0.3, -0.25) is 14.8 Å². The average molecular weight is 249 g/mol. The second-order valence-electron chi connectivity index (χ2n) is 5.76. The molecule has 1 aliphatic heterocycles. The van der Waals surface area contributed by atoms with Gasteiger partial charge in [-0.2, -0.15) is 0 Å². The number of piperazine rings is 1. The fourth-order valence-electron chi connectivity index (χ4n) is 2.48. The van der Waals surface area contributed by atoms with Gasteiger partial charge in [-0.1, -0.05) is 6.07 Å². The van der Waals surface area contributed by atoms with Crippen LogP contribution >= 0.6 is 0 Å². The van der Waals surface area contributed by atoms with Gasteiger partial charge in [0.1, 0.15) is 0 Å². The van der Waals surface area contributed by atoms with Crippen LogP contribution in [0.25, 0.3) is 0 Å². The quantitative estimate of drug-likeness (QED) is 0.866. The van der Waals surface area contributed by atoms with Gasteiger partial charge in [-0.25, -0.2) is 0 Å². The Balaban J connectivity index is 2.10. The Morgan fingerprint density at radius 2 is 2.22 bits per heavy atom. The first-order valence-corrected chi connectivity index (χ1v) is 6.49. The highest BCUT2D eigenvalue weighted by Gasteiger charge is 2.36. The third kappa shape index (κ3) is 2.88. The summed E-state index contributed by atoms with van der Waals surface area (Å²) in [6, 6.07) is 6.18. The van der Waals surface area contributed by atoms with Crippen LogP contribution in [0.1, 0.15) is 19.5 Å². The fourth-order valence-corrected chi connectivity index (χ4v) is 2.48. The summed E-state index contributed by atoms with van der Waals surface area (Å²) in [6.07, 6.45) is 1.82. The molecule has 1 N–H and O–H groups in total. The smallest absolute Gasteiger partial charge is 0.0599 e. The van der Waals surface area contributed by atoms with Gasteiger partial charge in [0, 0.05) is 37.4 Å². The molecule has 1 saturated heterocycles. The van der Waals surface area contributed by atoms with Crippen molar-refractivity contribution in [2.75, 3.05) is 26.7 Å². The topological polar surface area (TPSA) is 39.6 Å². The van der Waals surface area contributed by atoms with Crippen molar-refractivity contribution in [3.05, 3.63) is 30.1 Å². The predicted octanol–water partition coefficient (Wildman–Crippen LogP) is 0.968. The molecule has 4 nitrogen and oxygen atoms in total. The summed E-state index contributed by atoms with van der Waals surface area (Å²) in [5.41, 5.74) is 1.21. The predicted molar refractivity (Wildman–Crippen MR) is 72.2 cm³/mol. The Morgan fingerprint density at radius 3 is 2.83 bits per heavy atom. The third-order valence-electron chi connectivity index (χ3n) is 3.93. The molecule has 1 aromatic rings. The van der Waals surface area contributed by atoms with Crippen molar-refractivity contribution in [1.82, 2.24) is 14.8 Å².